The summed E-state index contributed by atoms with van der Waals surface area (Å²) in [5.74, 6) is -0.291. The van der Waals surface area contributed by atoms with Crippen molar-refractivity contribution in [1.82, 2.24) is 5.32 Å². The second-order valence-corrected chi connectivity index (χ2v) is 5.01. The summed E-state index contributed by atoms with van der Waals surface area (Å²) in [5.41, 5.74) is 2.13. The Morgan fingerprint density at radius 2 is 1.81 bits per heavy atom. The zero-order chi connectivity index (χ0) is 15.2. The van der Waals surface area contributed by atoms with Crippen LogP contribution in [0.1, 0.15) is 22.8 Å². The highest BCUT2D eigenvalue weighted by Crippen LogP contribution is 2.16. The summed E-state index contributed by atoms with van der Waals surface area (Å²) in [4.78, 5) is 22.9. The van der Waals surface area contributed by atoms with Crippen LogP contribution < -0.4 is 10.6 Å². The standard InChI is InChI=1S/C16H15ClN2O2/c1-11(20)18-10-12-5-7-13(8-6-12)16(21)19-15-4-2-3-14(17)9-15/h2-9H,10H2,1H3,(H,18,20)(H,19,21). The van der Waals surface area contributed by atoms with Crippen LogP contribution in [0, 0.1) is 0 Å². The van der Waals surface area contributed by atoms with Gasteiger partial charge in [-0.1, -0.05) is 29.8 Å². The second-order valence-electron chi connectivity index (χ2n) is 4.57. The molecule has 5 heteroatoms. The minimum absolute atomic E-state index is 0.0854. The molecule has 0 aliphatic heterocycles. The number of carbonyl (C=O) groups is 2. The maximum atomic E-state index is 12.1. The zero-order valence-corrected chi connectivity index (χ0v) is 12.3. The van der Waals surface area contributed by atoms with Crippen molar-refractivity contribution in [2.75, 3.05) is 5.32 Å². The molecule has 108 valence electrons. The lowest BCUT2D eigenvalue weighted by Crippen LogP contribution is -2.19. The van der Waals surface area contributed by atoms with Crippen LogP contribution in [0.5, 0.6) is 0 Å². The zero-order valence-electron chi connectivity index (χ0n) is 11.5. The summed E-state index contributed by atoms with van der Waals surface area (Å²) >= 11 is 5.87. The summed E-state index contributed by atoms with van der Waals surface area (Å²) in [7, 11) is 0. The highest BCUT2D eigenvalue weighted by atomic mass is 35.5. The number of carbonyl (C=O) groups excluding carboxylic acids is 2. The van der Waals surface area contributed by atoms with Gasteiger partial charge in [-0.2, -0.15) is 0 Å². The molecule has 0 atom stereocenters. The van der Waals surface area contributed by atoms with E-state index in [1.807, 2.05) is 12.1 Å². The van der Waals surface area contributed by atoms with Crippen LogP contribution in [0.2, 0.25) is 5.02 Å². The van der Waals surface area contributed by atoms with E-state index in [1.165, 1.54) is 6.92 Å². The summed E-state index contributed by atoms with van der Waals surface area (Å²) in [6, 6.07) is 14.0. The van der Waals surface area contributed by atoms with Crippen LogP contribution in [0.4, 0.5) is 5.69 Å². The van der Waals surface area contributed by atoms with Crippen molar-refractivity contribution in [3.05, 3.63) is 64.7 Å². The monoisotopic (exact) mass is 302 g/mol. The topological polar surface area (TPSA) is 58.2 Å². The van der Waals surface area contributed by atoms with Gasteiger partial charge in [-0.15, -0.1) is 0 Å². The molecule has 0 unspecified atom stereocenters. The first-order chi connectivity index (χ1) is 10.0. The Morgan fingerprint density at radius 1 is 1.10 bits per heavy atom. The molecule has 0 aliphatic rings. The van der Waals surface area contributed by atoms with E-state index in [0.717, 1.165) is 5.56 Å². The van der Waals surface area contributed by atoms with Gasteiger partial charge in [0.05, 0.1) is 0 Å². The lowest BCUT2D eigenvalue weighted by molar-refractivity contribution is -0.119. The molecule has 0 aliphatic carbocycles. The van der Waals surface area contributed by atoms with Crippen molar-refractivity contribution < 1.29 is 9.59 Å². The quantitative estimate of drug-likeness (QED) is 0.911. The van der Waals surface area contributed by atoms with Crippen LogP contribution in [0.25, 0.3) is 0 Å². The van der Waals surface area contributed by atoms with Gasteiger partial charge in [-0.3, -0.25) is 9.59 Å². The van der Waals surface area contributed by atoms with Crippen molar-refractivity contribution in [3.8, 4) is 0 Å². The molecule has 2 rings (SSSR count). The lowest BCUT2D eigenvalue weighted by Gasteiger charge is -2.07. The molecule has 0 saturated heterocycles. The Hall–Kier alpha value is -2.33. The van der Waals surface area contributed by atoms with Gasteiger partial charge in [-0.05, 0) is 35.9 Å². The average molecular weight is 303 g/mol. The first-order valence-corrected chi connectivity index (χ1v) is 6.83. The van der Waals surface area contributed by atoms with Crippen LogP contribution in [-0.4, -0.2) is 11.8 Å². The van der Waals surface area contributed by atoms with Crippen LogP contribution in [0.3, 0.4) is 0 Å². The van der Waals surface area contributed by atoms with E-state index in [9.17, 15) is 9.59 Å². The van der Waals surface area contributed by atoms with E-state index in [2.05, 4.69) is 10.6 Å². The molecular formula is C16H15ClN2O2. The summed E-state index contributed by atoms with van der Waals surface area (Å²) in [6.45, 7) is 1.92. The van der Waals surface area contributed by atoms with E-state index in [0.29, 0.717) is 22.8 Å². The average Bonchev–Trinajstić information content (AvgIpc) is 2.45. The number of amides is 2. The third kappa shape index (κ3) is 4.61. The number of benzene rings is 2. The molecule has 2 N–H and O–H groups in total. The van der Waals surface area contributed by atoms with E-state index in [-0.39, 0.29) is 11.8 Å². The van der Waals surface area contributed by atoms with Gasteiger partial charge in [0.15, 0.2) is 0 Å². The van der Waals surface area contributed by atoms with Crippen LogP contribution in [0.15, 0.2) is 48.5 Å². The van der Waals surface area contributed by atoms with Crippen molar-refractivity contribution in [2.24, 2.45) is 0 Å². The molecule has 21 heavy (non-hydrogen) atoms. The van der Waals surface area contributed by atoms with E-state index in [1.54, 1.807) is 36.4 Å². The molecule has 2 aromatic carbocycles. The maximum absolute atomic E-state index is 12.1. The molecule has 2 aromatic rings. The minimum atomic E-state index is -0.205. The molecule has 0 heterocycles. The molecule has 0 bridgehead atoms. The Labute approximate surface area is 128 Å². The number of anilines is 1. The smallest absolute Gasteiger partial charge is 0.255 e. The fourth-order valence-corrected chi connectivity index (χ4v) is 1.96. The van der Waals surface area contributed by atoms with Gasteiger partial charge in [0, 0.05) is 29.7 Å². The van der Waals surface area contributed by atoms with Gasteiger partial charge >= 0.3 is 0 Å². The Morgan fingerprint density at radius 3 is 2.43 bits per heavy atom. The molecule has 0 spiro atoms. The molecule has 0 saturated carbocycles. The van der Waals surface area contributed by atoms with E-state index in [4.69, 9.17) is 11.6 Å². The SMILES string of the molecule is CC(=O)NCc1ccc(C(=O)Nc2cccc(Cl)c2)cc1. The predicted molar refractivity (Wildman–Crippen MR) is 83.4 cm³/mol. The molecule has 4 nitrogen and oxygen atoms in total. The maximum Gasteiger partial charge on any atom is 0.255 e. The number of hydrogen-bond donors (Lipinski definition) is 2. The van der Waals surface area contributed by atoms with Crippen molar-refractivity contribution >= 4 is 29.1 Å². The predicted octanol–water partition coefficient (Wildman–Crippen LogP) is 3.23. The first-order valence-electron chi connectivity index (χ1n) is 6.45. The fourth-order valence-electron chi connectivity index (χ4n) is 1.77. The third-order valence-corrected chi connectivity index (χ3v) is 3.08. The molecule has 0 radical (unpaired) electrons. The molecule has 2 amide bonds. The Kier molecular flexibility index (Phi) is 4.95. The van der Waals surface area contributed by atoms with Gasteiger partial charge in [0.1, 0.15) is 0 Å². The highest BCUT2D eigenvalue weighted by molar-refractivity contribution is 6.30. The number of halogens is 1. The highest BCUT2D eigenvalue weighted by Gasteiger charge is 2.06. The fraction of sp³-hybridized carbons (Fsp3) is 0.125. The second kappa shape index (κ2) is 6.90. The largest absolute Gasteiger partial charge is 0.352 e. The van der Waals surface area contributed by atoms with Gasteiger partial charge in [-0.25, -0.2) is 0 Å². The lowest BCUT2D eigenvalue weighted by atomic mass is 10.1. The summed E-state index contributed by atoms with van der Waals surface area (Å²) in [5, 5.41) is 6.05. The van der Waals surface area contributed by atoms with Gasteiger partial charge < -0.3 is 10.6 Å². The Balaban J connectivity index is 2.01. The minimum Gasteiger partial charge on any atom is -0.352 e. The molecule has 0 fully saturated rings. The van der Waals surface area contributed by atoms with Gasteiger partial charge in [0.25, 0.3) is 5.91 Å². The van der Waals surface area contributed by atoms with Crippen molar-refractivity contribution in [1.29, 1.82) is 0 Å². The van der Waals surface area contributed by atoms with E-state index < -0.39 is 0 Å². The third-order valence-electron chi connectivity index (χ3n) is 2.84. The van der Waals surface area contributed by atoms with Gasteiger partial charge in [0.2, 0.25) is 5.91 Å². The van der Waals surface area contributed by atoms with Crippen LogP contribution in [-0.2, 0) is 11.3 Å². The Bertz CT molecular complexity index is 654. The van der Waals surface area contributed by atoms with Crippen molar-refractivity contribution in [3.63, 3.8) is 0 Å². The molecular weight excluding hydrogens is 288 g/mol. The summed E-state index contributed by atoms with van der Waals surface area (Å²) < 4.78 is 0. The number of nitrogens with one attached hydrogen (secondary N) is 2. The molecule has 0 aromatic heterocycles. The number of rotatable bonds is 4. The first kappa shape index (κ1) is 15.1. The normalized spacial score (nSPS) is 10.0. The van der Waals surface area contributed by atoms with Crippen LogP contribution >= 0.6 is 11.6 Å². The summed E-state index contributed by atoms with van der Waals surface area (Å²) in [6.07, 6.45) is 0. The van der Waals surface area contributed by atoms with Crippen molar-refractivity contribution in [2.45, 2.75) is 13.5 Å². The number of hydrogen-bond acceptors (Lipinski definition) is 2. The van der Waals surface area contributed by atoms with E-state index >= 15 is 0 Å².